The number of hydrogen-bond donors (Lipinski definition) is 3. The second-order valence-electron chi connectivity index (χ2n) is 4.33. The molecule has 1 amide bonds. The Morgan fingerprint density at radius 3 is 2.84 bits per heavy atom. The monoisotopic (exact) mass is 268 g/mol. The topological polar surface area (TPSA) is 65.1 Å². The SMILES string of the molecule is O=C(Cc1c[nH]c2ccccc12)NCC(F)(F)CO. The van der Waals surface area contributed by atoms with Crippen molar-refractivity contribution in [2.24, 2.45) is 0 Å². The molecule has 102 valence electrons. The number of rotatable bonds is 5. The van der Waals surface area contributed by atoms with E-state index in [1.807, 2.05) is 24.3 Å². The van der Waals surface area contributed by atoms with Gasteiger partial charge in [-0.05, 0) is 11.6 Å². The highest BCUT2D eigenvalue weighted by atomic mass is 19.3. The molecule has 19 heavy (non-hydrogen) atoms. The lowest BCUT2D eigenvalue weighted by atomic mass is 10.1. The minimum atomic E-state index is -3.28. The molecule has 1 aromatic heterocycles. The Kier molecular flexibility index (Phi) is 3.80. The molecule has 0 aliphatic rings. The van der Waals surface area contributed by atoms with E-state index in [0.29, 0.717) is 0 Å². The number of aromatic amines is 1. The molecule has 2 aromatic rings. The van der Waals surface area contributed by atoms with Gasteiger partial charge in [0.05, 0.1) is 13.0 Å². The maximum Gasteiger partial charge on any atom is 0.287 e. The van der Waals surface area contributed by atoms with Gasteiger partial charge in [-0.1, -0.05) is 18.2 Å². The molecule has 3 N–H and O–H groups in total. The van der Waals surface area contributed by atoms with Crippen molar-refractivity contribution in [3.8, 4) is 0 Å². The van der Waals surface area contributed by atoms with Crippen LogP contribution in [0.1, 0.15) is 5.56 Å². The van der Waals surface area contributed by atoms with Crippen LogP contribution in [0.15, 0.2) is 30.5 Å². The molecule has 0 saturated carbocycles. The van der Waals surface area contributed by atoms with Gasteiger partial charge in [0.15, 0.2) is 0 Å². The predicted octanol–water partition coefficient (Wildman–Crippen LogP) is 1.45. The molecule has 0 aliphatic carbocycles. The molecule has 0 bridgehead atoms. The Bertz CT molecular complexity index is 581. The number of amides is 1. The minimum absolute atomic E-state index is 0.0194. The van der Waals surface area contributed by atoms with E-state index < -0.39 is 25.0 Å². The van der Waals surface area contributed by atoms with Gasteiger partial charge in [-0.15, -0.1) is 0 Å². The molecule has 2 rings (SSSR count). The van der Waals surface area contributed by atoms with E-state index in [-0.39, 0.29) is 6.42 Å². The Hall–Kier alpha value is -1.95. The van der Waals surface area contributed by atoms with Gasteiger partial charge < -0.3 is 15.4 Å². The average Bonchev–Trinajstić information content (AvgIpc) is 2.80. The number of aliphatic hydroxyl groups excluding tert-OH is 1. The molecular weight excluding hydrogens is 254 g/mol. The molecule has 0 unspecified atom stereocenters. The lowest BCUT2D eigenvalue weighted by Crippen LogP contribution is -2.39. The molecule has 0 saturated heterocycles. The summed E-state index contributed by atoms with van der Waals surface area (Å²) >= 11 is 0. The fraction of sp³-hybridized carbons (Fsp3) is 0.308. The van der Waals surface area contributed by atoms with Gasteiger partial charge in [-0.2, -0.15) is 0 Å². The van der Waals surface area contributed by atoms with E-state index in [0.717, 1.165) is 16.5 Å². The lowest BCUT2D eigenvalue weighted by molar-refractivity contribution is -0.123. The quantitative estimate of drug-likeness (QED) is 0.768. The van der Waals surface area contributed by atoms with Crippen molar-refractivity contribution in [3.63, 3.8) is 0 Å². The van der Waals surface area contributed by atoms with Crippen molar-refractivity contribution >= 4 is 16.8 Å². The number of para-hydroxylation sites is 1. The van der Waals surface area contributed by atoms with Crippen LogP contribution in [0.5, 0.6) is 0 Å². The van der Waals surface area contributed by atoms with E-state index in [2.05, 4.69) is 10.3 Å². The standard InChI is InChI=1S/C13H14F2N2O2/c14-13(15,8-18)7-17-12(19)5-9-6-16-11-4-2-1-3-10(9)11/h1-4,6,16,18H,5,7-8H2,(H,17,19). The highest BCUT2D eigenvalue weighted by Crippen LogP contribution is 2.18. The normalized spacial score (nSPS) is 11.7. The van der Waals surface area contributed by atoms with Crippen molar-refractivity contribution in [3.05, 3.63) is 36.0 Å². The summed E-state index contributed by atoms with van der Waals surface area (Å²) in [7, 11) is 0. The minimum Gasteiger partial charge on any atom is -0.390 e. The summed E-state index contributed by atoms with van der Waals surface area (Å²) in [6.07, 6.45) is 1.71. The van der Waals surface area contributed by atoms with Crippen LogP contribution >= 0.6 is 0 Å². The Balaban J connectivity index is 1.99. The Morgan fingerprint density at radius 1 is 1.37 bits per heavy atom. The number of fused-ring (bicyclic) bond motifs is 1. The van der Waals surface area contributed by atoms with Gasteiger partial charge in [0.2, 0.25) is 5.91 Å². The van der Waals surface area contributed by atoms with Crippen LogP contribution in [0.4, 0.5) is 8.78 Å². The second kappa shape index (κ2) is 5.36. The zero-order valence-electron chi connectivity index (χ0n) is 10.1. The third-order valence-electron chi connectivity index (χ3n) is 2.80. The summed E-state index contributed by atoms with van der Waals surface area (Å²) in [5.74, 6) is -3.78. The van der Waals surface area contributed by atoms with Crippen molar-refractivity contribution in [1.29, 1.82) is 0 Å². The summed E-state index contributed by atoms with van der Waals surface area (Å²) in [5, 5.41) is 11.4. The van der Waals surface area contributed by atoms with Crippen LogP contribution in [0.3, 0.4) is 0 Å². The smallest absolute Gasteiger partial charge is 0.287 e. The van der Waals surface area contributed by atoms with E-state index in [1.165, 1.54) is 0 Å². The molecule has 0 spiro atoms. The number of H-pyrrole nitrogens is 1. The van der Waals surface area contributed by atoms with Crippen LogP contribution in [-0.4, -0.2) is 35.1 Å². The fourth-order valence-electron chi connectivity index (χ4n) is 1.80. The van der Waals surface area contributed by atoms with Crippen molar-refractivity contribution in [2.75, 3.05) is 13.2 Å². The van der Waals surface area contributed by atoms with Gasteiger partial charge in [0.25, 0.3) is 5.92 Å². The van der Waals surface area contributed by atoms with Gasteiger partial charge in [-0.25, -0.2) is 8.78 Å². The first-order valence-electron chi connectivity index (χ1n) is 5.82. The number of halogens is 2. The molecule has 0 atom stereocenters. The van der Waals surface area contributed by atoms with E-state index in [4.69, 9.17) is 5.11 Å². The average molecular weight is 268 g/mol. The summed E-state index contributed by atoms with van der Waals surface area (Å²) in [6, 6.07) is 7.44. The first-order chi connectivity index (χ1) is 9.02. The highest BCUT2D eigenvalue weighted by Gasteiger charge is 2.28. The number of alkyl halides is 2. The second-order valence-corrected chi connectivity index (χ2v) is 4.33. The number of hydrogen-bond acceptors (Lipinski definition) is 2. The molecule has 1 heterocycles. The van der Waals surface area contributed by atoms with Gasteiger partial charge in [-0.3, -0.25) is 4.79 Å². The molecule has 0 fully saturated rings. The van der Waals surface area contributed by atoms with Crippen molar-refractivity contribution < 1.29 is 18.7 Å². The molecule has 6 heteroatoms. The maximum absolute atomic E-state index is 12.8. The lowest BCUT2D eigenvalue weighted by Gasteiger charge is -2.13. The summed E-state index contributed by atoms with van der Waals surface area (Å²) in [5.41, 5.74) is 1.64. The largest absolute Gasteiger partial charge is 0.390 e. The summed E-state index contributed by atoms with van der Waals surface area (Å²) in [6.45, 7) is -2.13. The molecule has 4 nitrogen and oxygen atoms in total. The number of carbonyl (C=O) groups excluding carboxylic acids is 1. The molecular formula is C13H14F2N2O2. The van der Waals surface area contributed by atoms with E-state index in [1.54, 1.807) is 6.20 Å². The number of benzene rings is 1. The van der Waals surface area contributed by atoms with Crippen molar-refractivity contribution in [1.82, 2.24) is 10.3 Å². The molecule has 1 aromatic carbocycles. The third kappa shape index (κ3) is 3.29. The van der Waals surface area contributed by atoms with Crippen LogP contribution < -0.4 is 5.32 Å². The molecule has 0 radical (unpaired) electrons. The van der Waals surface area contributed by atoms with Crippen molar-refractivity contribution in [2.45, 2.75) is 12.3 Å². The van der Waals surface area contributed by atoms with Crippen LogP contribution in [0, 0.1) is 0 Å². The zero-order chi connectivity index (χ0) is 13.9. The van der Waals surface area contributed by atoms with Gasteiger partial charge >= 0.3 is 0 Å². The number of aliphatic hydroxyl groups is 1. The zero-order valence-corrected chi connectivity index (χ0v) is 10.1. The Morgan fingerprint density at radius 2 is 2.11 bits per heavy atom. The van der Waals surface area contributed by atoms with Crippen LogP contribution in [-0.2, 0) is 11.2 Å². The molecule has 0 aliphatic heterocycles. The van der Waals surface area contributed by atoms with E-state index >= 15 is 0 Å². The highest BCUT2D eigenvalue weighted by molar-refractivity contribution is 5.88. The third-order valence-corrected chi connectivity index (χ3v) is 2.80. The summed E-state index contributed by atoms with van der Waals surface area (Å²) < 4.78 is 25.5. The van der Waals surface area contributed by atoms with Gasteiger partial charge in [0, 0.05) is 17.1 Å². The van der Waals surface area contributed by atoms with Crippen LogP contribution in [0.2, 0.25) is 0 Å². The number of carbonyl (C=O) groups is 1. The summed E-state index contributed by atoms with van der Waals surface area (Å²) in [4.78, 5) is 14.6. The van der Waals surface area contributed by atoms with E-state index in [9.17, 15) is 13.6 Å². The van der Waals surface area contributed by atoms with Gasteiger partial charge in [0.1, 0.15) is 6.61 Å². The maximum atomic E-state index is 12.8. The van der Waals surface area contributed by atoms with Crippen LogP contribution in [0.25, 0.3) is 10.9 Å². The first kappa shape index (κ1) is 13.5. The fourth-order valence-corrected chi connectivity index (χ4v) is 1.80. The Labute approximate surface area is 108 Å². The number of aromatic nitrogens is 1. The predicted molar refractivity (Wildman–Crippen MR) is 67.0 cm³/mol. The first-order valence-corrected chi connectivity index (χ1v) is 5.82. The number of nitrogens with one attached hydrogen (secondary N) is 2.